The summed E-state index contributed by atoms with van der Waals surface area (Å²) in [5.74, 6) is -0.661. The Morgan fingerprint density at radius 1 is 1.22 bits per heavy atom. The van der Waals surface area contributed by atoms with Crippen molar-refractivity contribution in [1.82, 2.24) is 10.2 Å². The van der Waals surface area contributed by atoms with E-state index >= 15 is 0 Å². The van der Waals surface area contributed by atoms with E-state index in [1.54, 1.807) is 0 Å². The molecule has 0 bridgehead atoms. The second kappa shape index (κ2) is 8.73. The Morgan fingerprint density at radius 2 is 1.96 bits per heavy atom. The number of aryl methyl sites for hydroxylation is 1. The molecular weight excluding hydrogens is 334 g/mol. The van der Waals surface area contributed by atoms with Gasteiger partial charge in [-0.15, -0.1) is 10.2 Å². The lowest BCUT2D eigenvalue weighted by atomic mass is 10.1. The fraction of sp³-hybridized carbons (Fsp3) is 0.800. The van der Waals surface area contributed by atoms with Gasteiger partial charge in [0.05, 0.1) is 17.4 Å². The molecule has 1 N–H and O–H groups in total. The minimum Gasteiger partial charge on any atom is -0.300 e. The van der Waals surface area contributed by atoms with Crippen molar-refractivity contribution in [3.05, 3.63) is 5.01 Å². The van der Waals surface area contributed by atoms with Crippen molar-refractivity contribution in [2.45, 2.75) is 58.3 Å². The molecule has 1 aromatic heterocycles. The molecule has 0 spiro atoms. The molecule has 1 aliphatic heterocycles. The molecule has 1 aromatic rings. The van der Waals surface area contributed by atoms with Crippen LogP contribution in [0.5, 0.6) is 0 Å². The van der Waals surface area contributed by atoms with Crippen LogP contribution in [0.4, 0.5) is 5.13 Å². The van der Waals surface area contributed by atoms with Gasteiger partial charge in [-0.25, -0.2) is 8.42 Å². The molecule has 130 valence electrons. The van der Waals surface area contributed by atoms with Gasteiger partial charge >= 0.3 is 0 Å². The number of carbonyl (C=O) groups excluding carboxylic acids is 1. The summed E-state index contributed by atoms with van der Waals surface area (Å²) in [5.41, 5.74) is 0. The molecule has 2 rings (SSSR count). The molecule has 0 aromatic carbocycles. The first-order valence-corrected chi connectivity index (χ1v) is 11.0. The lowest BCUT2D eigenvalue weighted by Gasteiger charge is -2.05. The van der Waals surface area contributed by atoms with E-state index in [9.17, 15) is 13.2 Å². The molecule has 1 fully saturated rings. The SMILES string of the molecule is CCCCCCCCc1nnc(NC(=O)C2CCS(=O)(=O)C2)s1. The highest BCUT2D eigenvalue weighted by atomic mass is 32.2. The first-order valence-electron chi connectivity index (χ1n) is 8.34. The maximum absolute atomic E-state index is 12.0. The van der Waals surface area contributed by atoms with Crippen molar-refractivity contribution in [1.29, 1.82) is 0 Å². The standard InChI is InChI=1S/C15H25N3O3S2/c1-2-3-4-5-6-7-8-13-17-18-15(22-13)16-14(19)12-9-10-23(20,21)11-12/h12H,2-11H2,1H3,(H,16,18,19). The van der Waals surface area contributed by atoms with Gasteiger partial charge in [-0.05, 0) is 12.8 Å². The summed E-state index contributed by atoms with van der Waals surface area (Å²) in [4.78, 5) is 12.0. The normalized spacial score (nSPS) is 19.8. The highest BCUT2D eigenvalue weighted by molar-refractivity contribution is 7.91. The zero-order chi connectivity index (χ0) is 16.7. The quantitative estimate of drug-likeness (QED) is 0.685. The Balaban J connectivity index is 1.71. The number of aromatic nitrogens is 2. The Kier molecular flexibility index (Phi) is 6.95. The molecule has 23 heavy (non-hydrogen) atoms. The third-order valence-electron chi connectivity index (χ3n) is 4.04. The number of anilines is 1. The fourth-order valence-electron chi connectivity index (χ4n) is 2.67. The predicted octanol–water partition coefficient (Wildman–Crippen LogP) is 2.81. The number of rotatable bonds is 9. The number of carbonyl (C=O) groups is 1. The Morgan fingerprint density at radius 3 is 2.65 bits per heavy atom. The number of nitrogens with zero attached hydrogens (tertiary/aromatic N) is 2. The van der Waals surface area contributed by atoms with E-state index in [2.05, 4.69) is 22.4 Å². The summed E-state index contributed by atoms with van der Waals surface area (Å²) in [6.07, 6.45) is 8.67. The van der Waals surface area contributed by atoms with Crippen molar-refractivity contribution in [3.63, 3.8) is 0 Å². The molecule has 6 nitrogen and oxygen atoms in total. The first kappa shape index (κ1) is 18.3. The van der Waals surface area contributed by atoms with Crippen LogP contribution in [0.2, 0.25) is 0 Å². The molecule has 1 aliphatic rings. The van der Waals surface area contributed by atoms with E-state index in [1.165, 1.54) is 43.4 Å². The van der Waals surface area contributed by atoms with Gasteiger partial charge in [0, 0.05) is 6.42 Å². The van der Waals surface area contributed by atoms with Crippen LogP contribution in [0.3, 0.4) is 0 Å². The van der Waals surface area contributed by atoms with Gasteiger partial charge in [0.15, 0.2) is 9.84 Å². The number of unbranched alkanes of at least 4 members (excludes halogenated alkanes) is 5. The number of hydrogen-bond acceptors (Lipinski definition) is 6. The molecule has 1 atom stereocenters. The average Bonchev–Trinajstić information content (AvgIpc) is 3.09. The topological polar surface area (TPSA) is 89.0 Å². The molecule has 8 heteroatoms. The van der Waals surface area contributed by atoms with Crippen molar-refractivity contribution in [2.24, 2.45) is 5.92 Å². The van der Waals surface area contributed by atoms with Crippen LogP contribution >= 0.6 is 11.3 Å². The molecule has 0 saturated carbocycles. The van der Waals surface area contributed by atoms with Crippen LogP contribution in [-0.2, 0) is 21.1 Å². The molecule has 0 aliphatic carbocycles. The highest BCUT2D eigenvalue weighted by Crippen LogP contribution is 2.22. The van der Waals surface area contributed by atoms with Gasteiger partial charge in [0.25, 0.3) is 0 Å². The van der Waals surface area contributed by atoms with E-state index in [4.69, 9.17) is 0 Å². The van der Waals surface area contributed by atoms with Crippen molar-refractivity contribution in [3.8, 4) is 0 Å². The van der Waals surface area contributed by atoms with Gasteiger partial charge in [-0.3, -0.25) is 4.79 Å². The summed E-state index contributed by atoms with van der Waals surface area (Å²) in [6, 6.07) is 0. The number of amides is 1. The minimum absolute atomic E-state index is 0.0533. The lowest BCUT2D eigenvalue weighted by molar-refractivity contribution is -0.119. The van der Waals surface area contributed by atoms with E-state index in [1.807, 2.05) is 0 Å². The molecular formula is C15H25N3O3S2. The van der Waals surface area contributed by atoms with Crippen molar-refractivity contribution in [2.75, 3.05) is 16.8 Å². The Bertz CT molecular complexity index is 613. The third kappa shape index (κ3) is 6.18. The smallest absolute Gasteiger partial charge is 0.230 e. The van der Waals surface area contributed by atoms with E-state index in [0.29, 0.717) is 11.6 Å². The summed E-state index contributed by atoms with van der Waals surface area (Å²) < 4.78 is 22.8. The minimum atomic E-state index is -3.04. The number of sulfone groups is 1. The maximum Gasteiger partial charge on any atom is 0.230 e. The van der Waals surface area contributed by atoms with E-state index in [0.717, 1.165) is 17.8 Å². The molecule has 1 amide bonds. The summed E-state index contributed by atoms with van der Waals surface area (Å²) in [5, 5.41) is 12.2. The first-order chi connectivity index (χ1) is 11.0. The molecule has 1 unspecified atom stereocenters. The van der Waals surface area contributed by atoms with Gasteiger partial charge < -0.3 is 5.32 Å². The molecule has 0 radical (unpaired) electrons. The molecule has 2 heterocycles. The average molecular weight is 360 g/mol. The van der Waals surface area contributed by atoms with E-state index < -0.39 is 15.8 Å². The van der Waals surface area contributed by atoms with Crippen molar-refractivity contribution < 1.29 is 13.2 Å². The second-order valence-electron chi connectivity index (χ2n) is 6.11. The second-order valence-corrected chi connectivity index (χ2v) is 9.40. The van der Waals surface area contributed by atoms with Crippen LogP contribution in [0, 0.1) is 5.92 Å². The summed E-state index contributed by atoms with van der Waals surface area (Å²) in [6.45, 7) is 2.21. The lowest BCUT2D eigenvalue weighted by Crippen LogP contribution is -2.23. The fourth-order valence-corrected chi connectivity index (χ4v) is 5.20. The number of nitrogens with one attached hydrogen (secondary N) is 1. The Hall–Kier alpha value is -1.02. The van der Waals surface area contributed by atoms with Crippen LogP contribution in [0.15, 0.2) is 0 Å². The zero-order valence-electron chi connectivity index (χ0n) is 13.6. The van der Waals surface area contributed by atoms with Crippen LogP contribution in [0.1, 0.15) is 56.9 Å². The third-order valence-corrected chi connectivity index (χ3v) is 6.71. The van der Waals surface area contributed by atoms with Gasteiger partial charge in [-0.2, -0.15) is 0 Å². The van der Waals surface area contributed by atoms with Crippen LogP contribution < -0.4 is 5.32 Å². The Labute approximate surface area is 142 Å². The highest BCUT2D eigenvalue weighted by Gasteiger charge is 2.33. The van der Waals surface area contributed by atoms with Crippen LogP contribution in [0.25, 0.3) is 0 Å². The van der Waals surface area contributed by atoms with E-state index in [-0.39, 0.29) is 17.4 Å². The monoisotopic (exact) mass is 359 g/mol. The largest absolute Gasteiger partial charge is 0.300 e. The van der Waals surface area contributed by atoms with Crippen LogP contribution in [-0.4, -0.2) is 36.0 Å². The van der Waals surface area contributed by atoms with Gasteiger partial charge in [-0.1, -0.05) is 50.4 Å². The van der Waals surface area contributed by atoms with Crippen molar-refractivity contribution >= 4 is 32.2 Å². The summed E-state index contributed by atoms with van der Waals surface area (Å²) >= 11 is 1.38. The molecule has 1 saturated heterocycles. The predicted molar refractivity (Wildman–Crippen MR) is 92.4 cm³/mol. The van der Waals surface area contributed by atoms with Gasteiger partial charge in [0.1, 0.15) is 5.01 Å². The maximum atomic E-state index is 12.0. The number of hydrogen-bond donors (Lipinski definition) is 1. The van der Waals surface area contributed by atoms with Gasteiger partial charge in [0.2, 0.25) is 11.0 Å². The summed E-state index contributed by atoms with van der Waals surface area (Å²) in [7, 11) is -3.04. The zero-order valence-corrected chi connectivity index (χ0v) is 15.2.